The van der Waals surface area contributed by atoms with Gasteiger partial charge in [-0.2, -0.15) is 9.37 Å². The van der Waals surface area contributed by atoms with Crippen LogP contribution in [0.15, 0.2) is 78.9 Å². The van der Waals surface area contributed by atoms with Crippen molar-refractivity contribution in [3.05, 3.63) is 101 Å². The summed E-state index contributed by atoms with van der Waals surface area (Å²) in [4.78, 5) is 29.9. The summed E-state index contributed by atoms with van der Waals surface area (Å²) < 4.78 is 25.4. The van der Waals surface area contributed by atoms with Crippen molar-refractivity contribution in [1.29, 1.82) is 0 Å². The van der Waals surface area contributed by atoms with E-state index in [1.54, 1.807) is 26.4 Å². The first-order valence-electron chi connectivity index (χ1n) is 14.7. The highest BCUT2D eigenvalue weighted by atomic mass is 35.5. The topological polar surface area (TPSA) is 104 Å². The molecule has 3 heterocycles. The monoisotopic (exact) mass is 642 g/mol. The van der Waals surface area contributed by atoms with Crippen molar-refractivity contribution in [2.75, 3.05) is 50.2 Å². The molecule has 0 radical (unpaired) electrons. The number of piperazine rings is 1. The number of carboxylic acid groups (broad SMARTS) is 1. The van der Waals surface area contributed by atoms with E-state index >= 15 is 0 Å². The van der Waals surface area contributed by atoms with E-state index in [0.717, 1.165) is 28.4 Å². The van der Waals surface area contributed by atoms with Crippen LogP contribution in [0.1, 0.15) is 11.1 Å². The number of anilines is 2. The lowest BCUT2D eigenvalue weighted by atomic mass is 10.1. The molecular weight excluding hydrogens is 611 g/mol. The molecule has 46 heavy (non-hydrogen) atoms. The van der Waals surface area contributed by atoms with Crippen LogP contribution in [-0.2, 0) is 13.1 Å². The Bertz CT molecular complexity index is 1800. The Morgan fingerprint density at radius 1 is 0.870 bits per heavy atom. The molecule has 1 aliphatic heterocycles. The molecule has 3 aromatic carbocycles. The first-order valence-corrected chi connectivity index (χ1v) is 15.1. The van der Waals surface area contributed by atoms with Crippen LogP contribution < -0.4 is 19.3 Å². The Morgan fingerprint density at radius 3 is 2.04 bits per heavy atom. The molecule has 0 spiro atoms. The molecule has 0 bridgehead atoms. The average molecular weight is 643 g/mol. The van der Waals surface area contributed by atoms with Gasteiger partial charge in [0.15, 0.2) is 0 Å². The second-order valence-electron chi connectivity index (χ2n) is 10.9. The number of hydrogen-bond donors (Lipinski definition) is 1. The smallest absolute Gasteiger partial charge is 0.407 e. The first-order chi connectivity index (χ1) is 22.3. The van der Waals surface area contributed by atoms with Crippen molar-refractivity contribution in [2.45, 2.75) is 13.1 Å². The standard InChI is InChI=1S/C34H32ClFN6O4/c1-45-24-10-6-22(7-11-24)20-42(21-23-8-12-25(46-2)13-9-23)31-5-3-4-29(37-31)26-19-30-27(18-28(26)35)32(39-33(36)38-30)40-14-16-41(17-15-40)34(43)44/h3-13,18-19H,14-17,20-21H2,1-2H3,(H,43,44). The van der Waals surface area contributed by atoms with Crippen LogP contribution in [0.3, 0.4) is 0 Å². The molecule has 1 saturated heterocycles. The molecule has 0 saturated carbocycles. The molecule has 5 aromatic rings. The Labute approximate surface area is 270 Å². The third-order valence-electron chi connectivity index (χ3n) is 7.99. The number of rotatable bonds is 9. The predicted molar refractivity (Wildman–Crippen MR) is 175 cm³/mol. The van der Waals surface area contributed by atoms with Gasteiger partial charge < -0.3 is 29.3 Å². The maximum absolute atomic E-state index is 14.7. The quantitative estimate of drug-likeness (QED) is 0.180. The van der Waals surface area contributed by atoms with Gasteiger partial charge in [-0.15, -0.1) is 0 Å². The molecule has 236 valence electrons. The molecule has 2 aromatic heterocycles. The number of hydrogen-bond acceptors (Lipinski definition) is 8. The van der Waals surface area contributed by atoms with Gasteiger partial charge in [0.1, 0.15) is 23.1 Å². The van der Waals surface area contributed by atoms with E-state index in [2.05, 4.69) is 14.9 Å². The summed E-state index contributed by atoms with van der Waals surface area (Å²) in [7, 11) is 3.28. The second kappa shape index (κ2) is 13.5. The summed E-state index contributed by atoms with van der Waals surface area (Å²) in [6, 6.07) is 25.0. The lowest BCUT2D eigenvalue weighted by Gasteiger charge is -2.34. The van der Waals surface area contributed by atoms with Crippen LogP contribution in [0, 0.1) is 6.08 Å². The van der Waals surface area contributed by atoms with Crippen molar-refractivity contribution in [2.24, 2.45) is 0 Å². The number of aromatic nitrogens is 3. The van der Waals surface area contributed by atoms with E-state index in [4.69, 9.17) is 26.1 Å². The van der Waals surface area contributed by atoms with E-state index < -0.39 is 12.2 Å². The largest absolute Gasteiger partial charge is 0.497 e. The normalized spacial score (nSPS) is 13.1. The second-order valence-corrected chi connectivity index (χ2v) is 11.3. The van der Waals surface area contributed by atoms with Gasteiger partial charge in [0.05, 0.1) is 30.5 Å². The van der Waals surface area contributed by atoms with Gasteiger partial charge in [0.25, 0.3) is 0 Å². The van der Waals surface area contributed by atoms with Gasteiger partial charge >= 0.3 is 12.2 Å². The number of benzene rings is 3. The van der Waals surface area contributed by atoms with E-state index in [1.165, 1.54) is 4.90 Å². The van der Waals surface area contributed by atoms with Gasteiger partial charge in [-0.3, -0.25) is 0 Å². The fourth-order valence-electron chi connectivity index (χ4n) is 5.52. The van der Waals surface area contributed by atoms with Gasteiger partial charge in [0.2, 0.25) is 0 Å². The highest BCUT2D eigenvalue weighted by molar-refractivity contribution is 6.34. The van der Waals surface area contributed by atoms with E-state index in [1.807, 2.05) is 71.6 Å². The summed E-state index contributed by atoms with van der Waals surface area (Å²) in [5.74, 6) is 2.67. The fraction of sp³-hybridized carbons (Fsp3) is 0.235. The van der Waals surface area contributed by atoms with Crippen LogP contribution in [0.25, 0.3) is 22.2 Å². The summed E-state index contributed by atoms with van der Waals surface area (Å²) in [5, 5.41) is 10.3. The minimum atomic E-state index is -0.979. The third-order valence-corrected chi connectivity index (χ3v) is 8.30. The number of nitrogens with zero attached hydrogens (tertiary/aromatic N) is 6. The highest BCUT2D eigenvalue weighted by Gasteiger charge is 2.24. The van der Waals surface area contributed by atoms with Crippen molar-refractivity contribution >= 4 is 40.2 Å². The Kier molecular flexibility index (Phi) is 9.02. The fourth-order valence-corrected chi connectivity index (χ4v) is 5.78. The van der Waals surface area contributed by atoms with Gasteiger partial charge in [-0.05, 0) is 59.7 Å². The lowest BCUT2D eigenvalue weighted by Crippen LogP contribution is -2.48. The number of amides is 1. The SMILES string of the molecule is COc1ccc(CN(Cc2ccc(OC)cc2)c2cccc(-c3cc4nc(F)nc(N5CCN(C(=O)O)CC5)c4cc3Cl)n2)cc1. The van der Waals surface area contributed by atoms with Crippen LogP contribution in [0.5, 0.6) is 11.5 Å². The van der Waals surface area contributed by atoms with Crippen LogP contribution in [0.4, 0.5) is 20.8 Å². The van der Waals surface area contributed by atoms with E-state index in [-0.39, 0.29) is 13.1 Å². The molecule has 0 unspecified atom stereocenters. The highest BCUT2D eigenvalue weighted by Crippen LogP contribution is 2.35. The number of pyridine rings is 1. The Hall–Kier alpha value is -5.16. The first kappa shape index (κ1) is 30.8. The van der Waals surface area contributed by atoms with Crippen molar-refractivity contribution in [1.82, 2.24) is 19.9 Å². The zero-order chi connectivity index (χ0) is 32.2. The summed E-state index contributed by atoms with van der Waals surface area (Å²) in [5.41, 5.74) is 3.74. The Balaban J connectivity index is 1.34. The van der Waals surface area contributed by atoms with Crippen molar-refractivity contribution < 1.29 is 23.8 Å². The molecule has 1 N–H and O–H groups in total. The zero-order valence-corrected chi connectivity index (χ0v) is 26.1. The molecule has 1 aliphatic rings. The molecule has 10 nitrogen and oxygen atoms in total. The average Bonchev–Trinajstić information content (AvgIpc) is 3.08. The van der Waals surface area contributed by atoms with Crippen LogP contribution in [-0.4, -0.2) is 71.5 Å². The maximum Gasteiger partial charge on any atom is 0.407 e. The summed E-state index contributed by atoms with van der Waals surface area (Å²) in [6.07, 6.45) is -1.85. The van der Waals surface area contributed by atoms with Gasteiger partial charge in [0, 0.05) is 50.2 Å². The number of methoxy groups -OCH3 is 2. The number of fused-ring (bicyclic) bond motifs is 1. The van der Waals surface area contributed by atoms with Crippen molar-refractivity contribution in [3.8, 4) is 22.8 Å². The Morgan fingerprint density at radius 2 is 1.48 bits per heavy atom. The molecule has 12 heteroatoms. The van der Waals surface area contributed by atoms with Gasteiger partial charge in [-0.25, -0.2) is 14.8 Å². The number of halogens is 2. The third kappa shape index (κ3) is 6.74. The lowest BCUT2D eigenvalue weighted by molar-refractivity contribution is 0.142. The molecule has 1 amide bonds. The summed E-state index contributed by atoms with van der Waals surface area (Å²) in [6.45, 7) is 2.48. The number of ether oxygens (including phenoxy) is 2. The molecular formula is C34H32ClFN6O4. The summed E-state index contributed by atoms with van der Waals surface area (Å²) >= 11 is 6.87. The predicted octanol–water partition coefficient (Wildman–Crippen LogP) is 6.51. The van der Waals surface area contributed by atoms with E-state index in [9.17, 15) is 14.3 Å². The molecule has 6 rings (SSSR count). The van der Waals surface area contributed by atoms with Crippen LogP contribution in [0.2, 0.25) is 5.02 Å². The minimum absolute atomic E-state index is 0.286. The number of carbonyl (C=O) groups is 1. The molecule has 0 atom stereocenters. The minimum Gasteiger partial charge on any atom is -0.497 e. The van der Waals surface area contributed by atoms with Crippen LogP contribution >= 0.6 is 11.6 Å². The maximum atomic E-state index is 14.7. The molecule has 0 aliphatic carbocycles. The van der Waals surface area contributed by atoms with Gasteiger partial charge in [-0.1, -0.05) is 41.9 Å². The van der Waals surface area contributed by atoms with Crippen molar-refractivity contribution in [3.63, 3.8) is 0 Å². The molecule has 1 fully saturated rings. The van der Waals surface area contributed by atoms with E-state index in [0.29, 0.717) is 59.2 Å². The zero-order valence-electron chi connectivity index (χ0n) is 25.4.